The van der Waals surface area contributed by atoms with Crippen molar-refractivity contribution >= 4 is 17.4 Å². The Hall–Kier alpha value is -0.870. The van der Waals surface area contributed by atoms with Gasteiger partial charge in [0.25, 0.3) is 0 Å². The van der Waals surface area contributed by atoms with Gasteiger partial charge in [0.1, 0.15) is 5.15 Å². The molecular weight excluding hydrogens is 274 g/mol. The first kappa shape index (κ1) is 15.5. The van der Waals surface area contributed by atoms with Crippen molar-refractivity contribution in [2.45, 2.75) is 51.0 Å². The van der Waals surface area contributed by atoms with E-state index in [0.717, 1.165) is 36.9 Å². The summed E-state index contributed by atoms with van der Waals surface area (Å²) in [5.41, 5.74) is 1.42. The molecule has 0 bridgehead atoms. The number of halogens is 1. The maximum atomic E-state index is 12.9. The Morgan fingerprint density at radius 1 is 1.35 bits per heavy atom. The summed E-state index contributed by atoms with van der Waals surface area (Å²) >= 11 is 6.26. The molecule has 112 valence electrons. The number of hydrogen-bond acceptors (Lipinski definition) is 3. The van der Waals surface area contributed by atoms with E-state index in [2.05, 4.69) is 10.00 Å². The Labute approximate surface area is 126 Å². The summed E-state index contributed by atoms with van der Waals surface area (Å²) in [6.07, 6.45) is 5.78. The number of aryl methyl sites for hydroxylation is 2. The molecule has 0 saturated heterocycles. The van der Waals surface area contributed by atoms with Crippen molar-refractivity contribution in [1.82, 2.24) is 14.7 Å². The second-order valence-corrected chi connectivity index (χ2v) is 6.42. The predicted octanol–water partition coefficient (Wildman–Crippen LogP) is 2.76. The molecule has 20 heavy (non-hydrogen) atoms. The summed E-state index contributed by atoms with van der Waals surface area (Å²) in [5, 5.41) is 4.88. The highest BCUT2D eigenvalue weighted by molar-refractivity contribution is 6.30. The van der Waals surface area contributed by atoms with Crippen molar-refractivity contribution in [3.05, 3.63) is 16.4 Å². The third-order valence-electron chi connectivity index (χ3n) is 4.66. The number of likely N-dealkylation sites (N-methyl/N-ethyl adjacent to an activating group) is 1. The van der Waals surface area contributed by atoms with Crippen LogP contribution in [-0.4, -0.2) is 40.1 Å². The normalized spacial score (nSPS) is 18.5. The molecule has 0 unspecified atom stereocenters. The second-order valence-electron chi connectivity index (χ2n) is 6.07. The van der Waals surface area contributed by atoms with E-state index >= 15 is 0 Å². The average molecular weight is 298 g/mol. The van der Waals surface area contributed by atoms with E-state index in [1.807, 2.05) is 28.1 Å². The maximum absolute atomic E-state index is 12.9. The molecule has 0 spiro atoms. The fourth-order valence-electron chi connectivity index (χ4n) is 3.31. The number of Topliss-reactive ketones (excluding diaryl/α,β-unsaturated/α-hetero) is 1. The first-order chi connectivity index (χ1) is 9.38. The van der Waals surface area contributed by atoms with Crippen molar-refractivity contribution in [2.75, 3.05) is 14.1 Å². The van der Waals surface area contributed by atoms with E-state index in [9.17, 15) is 4.79 Å². The van der Waals surface area contributed by atoms with Gasteiger partial charge in [-0.05, 0) is 33.9 Å². The van der Waals surface area contributed by atoms with E-state index in [1.54, 1.807) is 4.68 Å². The van der Waals surface area contributed by atoms with E-state index < -0.39 is 0 Å². The second kappa shape index (κ2) is 5.86. The summed E-state index contributed by atoms with van der Waals surface area (Å²) in [6.45, 7) is 1.91. The van der Waals surface area contributed by atoms with Crippen LogP contribution >= 0.6 is 11.6 Å². The number of nitrogens with zero attached hydrogens (tertiary/aromatic N) is 3. The minimum Gasteiger partial charge on any atom is -0.297 e. The zero-order valence-electron chi connectivity index (χ0n) is 12.9. The molecule has 0 amide bonds. The van der Waals surface area contributed by atoms with Gasteiger partial charge in [0, 0.05) is 19.0 Å². The van der Waals surface area contributed by atoms with Gasteiger partial charge in [-0.3, -0.25) is 14.4 Å². The number of rotatable bonds is 4. The Kier molecular flexibility index (Phi) is 4.55. The molecule has 1 aromatic rings. The molecule has 1 saturated carbocycles. The van der Waals surface area contributed by atoms with Gasteiger partial charge in [0.2, 0.25) is 0 Å². The fraction of sp³-hybridized carbons (Fsp3) is 0.733. The van der Waals surface area contributed by atoms with Crippen LogP contribution in [0.1, 0.15) is 43.4 Å². The van der Waals surface area contributed by atoms with Gasteiger partial charge < -0.3 is 0 Å². The van der Waals surface area contributed by atoms with Gasteiger partial charge in [-0.25, -0.2) is 0 Å². The van der Waals surface area contributed by atoms with Crippen molar-refractivity contribution in [1.29, 1.82) is 0 Å². The highest BCUT2D eigenvalue weighted by Gasteiger charge is 2.41. The highest BCUT2D eigenvalue weighted by Crippen LogP contribution is 2.34. The van der Waals surface area contributed by atoms with E-state index in [4.69, 9.17) is 11.6 Å². The first-order valence-electron chi connectivity index (χ1n) is 7.27. The molecule has 1 fully saturated rings. The molecular formula is C15H24ClN3O. The monoisotopic (exact) mass is 297 g/mol. The SMILES string of the molecule is Cc1nn(C)c(Cl)c1CC(=O)C1(N(C)C)CCCCC1. The third-order valence-corrected chi connectivity index (χ3v) is 5.14. The summed E-state index contributed by atoms with van der Waals surface area (Å²) in [7, 11) is 5.84. The molecule has 5 heteroatoms. The lowest BCUT2D eigenvalue weighted by Crippen LogP contribution is -2.53. The largest absolute Gasteiger partial charge is 0.297 e. The minimum absolute atomic E-state index is 0.278. The summed E-state index contributed by atoms with van der Waals surface area (Å²) < 4.78 is 1.64. The number of aromatic nitrogens is 2. The number of hydrogen-bond donors (Lipinski definition) is 0. The zero-order chi connectivity index (χ0) is 14.9. The average Bonchev–Trinajstić information content (AvgIpc) is 2.66. The van der Waals surface area contributed by atoms with Crippen LogP contribution in [-0.2, 0) is 18.3 Å². The van der Waals surface area contributed by atoms with Crippen LogP contribution in [0.15, 0.2) is 0 Å². The lowest BCUT2D eigenvalue weighted by molar-refractivity contribution is -0.131. The molecule has 0 aromatic carbocycles. The van der Waals surface area contributed by atoms with Gasteiger partial charge in [0.15, 0.2) is 5.78 Å². The highest BCUT2D eigenvalue weighted by atomic mass is 35.5. The molecule has 1 aromatic heterocycles. The Morgan fingerprint density at radius 3 is 2.40 bits per heavy atom. The van der Waals surface area contributed by atoms with Gasteiger partial charge in [-0.2, -0.15) is 5.10 Å². The maximum Gasteiger partial charge on any atom is 0.157 e. The van der Waals surface area contributed by atoms with Gasteiger partial charge >= 0.3 is 0 Å². The number of ketones is 1. The van der Waals surface area contributed by atoms with Crippen LogP contribution in [0.4, 0.5) is 0 Å². The number of carbonyl (C=O) groups is 1. The van der Waals surface area contributed by atoms with E-state index in [0.29, 0.717) is 11.6 Å². The smallest absolute Gasteiger partial charge is 0.157 e. The van der Waals surface area contributed by atoms with Crippen molar-refractivity contribution in [3.8, 4) is 0 Å². The van der Waals surface area contributed by atoms with Crippen LogP contribution in [0.5, 0.6) is 0 Å². The molecule has 0 N–H and O–H groups in total. The standard InChI is InChI=1S/C15H24ClN3O/c1-11-12(14(16)19(4)17-11)10-13(20)15(18(2)3)8-6-5-7-9-15/h5-10H2,1-4H3. The number of carbonyl (C=O) groups excluding carboxylic acids is 1. The third kappa shape index (κ3) is 2.63. The first-order valence-corrected chi connectivity index (χ1v) is 7.65. The molecule has 0 aliphatic heterocycles. The van der Waals surface area contributed by atoms with Crippen LogP contribution < -0.4 is 0 Å². The fourth-order valence-corrected chi connectivity index (χ4v) is 3.55. The van der Waals surface area contributed by atoms with Crippen molar-refractivity contribution in [2.24, 2.45) is 7.05 Å². The molecule has 0 radical (unpaired) electrons. The predicted molar refractivity (Wildman–Crippen MR) is 81.2 cm³/mol. The van der Waals surface area contributed by atoms with Crippen LogP contribution in [0, 0.1) is 6.92 Å². The zero-order valence-corrected chi connectivity index (χ0v) is 13.6. The molecule has 4 nitrogen and oxygen atoms in total. The quantitative estimate of drug-likeness (QED) is 0.858. The van der Waals surface area contributed by atoms with Crippen molar-refractivity contribution in [3.63, 3.8) is 0 Å². The van der Waals surface area contributed by atoms with Crippen LogP contribution in [0.25, 0.3) is 0 Å². The van der Waals surface area contributed by atoms with E-state index in [-0.39, 0.29) is 11.3 Å². The summed E-state index contributed by atoms with van der Waals surface area (Å²) in [4.78, 5) is 15.0. The van der Waals surface area contributed by atoms with Gasteiger partial charge in [0.05, 0.1) is 11.2 Å². The van der Waals surface area contributed by atoms with E-state index in [1.165, 1.54) is 6.42 Å². The van der Waals surface area contributed by atoms with Gasteiger partial charge in [-0.15, -0.1) is 0 Å². The van der Waals surface area contributed by atoms with Gasteiger partial charge in [-0.1, -0.05) is 30.9 Å². The molecule has 1 heterocycles. The Balaban J connectivity index is 2.25. The molecule has 1 aliphatic carbocycles. The summed E-state index contributed by atoms with van der Waals surface area (Å²) in [6, 6.07) is 0. The summed E-state index contributed by atoms with van der Waals surface area (Å²) in [5.74, 6) is 0.278. The van der Waals surface area contributed by atoms with Crippen LogP contribution in [0.2, 0.25) is 5.15 Å². The Morgan fingerprint density at radius 2 is 1.95 bits per heavy atom. The lowest BCUT2D eigenvalue weighted by atomic mass is 9.76. The Bertz CT molecular complexity index is 501. The molecule has 1 aliphatic rings. The molecule has 0 atom stereocenters. The topological polar surface area (TPSA) is 38.1 Å². The lowest BCUT2D eigenvalue weighted by Gasteiger charge is -2.41. The molecule has 2 rings (SSSR count). The van der Waals surface area contributed by atoms with Crippen LogP contribution in [0.3, 0.4) is 0 Å². The minimum atomic E-state index is -0.316. The van der Waals surface area contributed by atoms with Crippen molar-refractivity contribution < 1.29 is 4.79 Å².